The molecule has 2 aromatic carbocycles. The molecule has 0 fully saturated rings. The molecule has 0 atom stereocenters. The Balaban J connectivity index is 2.26. The Morgan fingerprint density at radius 1 is 1.08 bits per heavy atom. The fourth-order valence-electron chi connectivity index (χ4n) is 3.06. The van der Waals surface area contributed by atoms with Crippen molar-refractivity contribution in [1.82, 2.24) is 10.2 Å². The van der Waals surface area contributed by atoms with Gasteiger partial charge in [-0.2, -0.15) is 5.26 Å². The summed E-state index contributed by atoms with van der Waals surface area (Å²) in [5.41, 5.74) is 2.69. The molecule has 0 spiro atoms. The molecule has 0 bridgehead atoms. The molecular formula is C21H25N3O. The maximum absolute atomic E-state index is 12.8. The van der Waals surface area contributed by atoms with E-state index >= 15 is 0 Å². The molecule has 4 nitrogen and oxygen atoms in total. The van der Waals surface area contributed by atoms with E-state index in [4.69, 9.17) is 0 Å². The Hall–Kier alpha value is -2.64. The lowest BCUT2D eigenvalue weighted by Crippen LogP contribution is -2.40. The van der Waals surface area contributed by atoms with E-state index in [0.717, 1.165) is 17.7 Å². The van der Waals surface area contributed by atoms with E-state index in [1.807, 2.05) is 50.5 Å². The summed E-state index contributed by atoms with van der Waals surface area (Å²) in [4.78, 5) is 14.9. The highest BCUT2D eigenvalue weighted by molar-refractivity contribution is 6.01. The molecule has 0 unspecified atom stereocenters. The van der Waals surface area contributed by atoms with Gasteiger partial charge in [0.05, 0.1) is 11.6 Å². The molecule has 0 aliphatic carbocycles. The second-order valence-corrected chi connectivity index (χ2v) is 7.29. The lowest BCUT2D eigenvalue weighted by atomic mass is 9.92. The van der Waals surface area contributed by atoms with Gasteiger partial charge in [0.15, 0.2) is 0 Å². The molecule has 0 aliphatic rings. The summed E-state index contributed by atoms with van der Waals surface area (Å²) >= 11 is 0. The summed E-state index contributed by atoms with van der Waals surface area (Å²) in [6, 6.07) is 17.0. The fraction of sp³-hybridized carbons (Fsp3) is 0.333. The number of hydrogen-bond acceptors (Lipinski definition) is 3. The summed E-state index contributed by atoms with van der Waals surface area (Å²) in [7, 11) is 4.05. The Labute approximate surface area is 150 Å². The number of nitrogens with one attached hydrogen (secondary N) is 1. The van der Waals surface area contributed by atoms with Crippen molar-refractivity contribution in [3.05, 3.63) is 59.7 Å². The smallest absolute Gasteiger partial charge is 0.251 e. The van der Waals surface area contributed by atoms with Crippen LogP contribution >= 0.6 is 0 Å². The summed E-state index contributed by atoms with van der Waals surface area (Å²) in [6.45, 7) is 5.72. The average Bonchev–Trinajstić information content (AvgIpc) is 2.58. The number of amides is 1. The van der Waals surface area contributed by atoms with Crippen molar-refractivity contribution in [2.24, 2.45) is 5.41 Å². The number of nitriles is 1. The molecule has 0 saturated heterocycles. The van der Waals surface area contributed by atoms with Gasteiger partial charge in [0.1, 0.15) is 0 Å². The van der Waals surface area contributed by atoms with Gasteiger partial charge in [0.25, 0.3) is 5.91 Å². The molecule has 130 valence electrons. The number of carbonyl (C=O) groups excluding carboxylic acids is 1. The number of benzene rings is 2. The van der Waals surface area contributed by atoms with Crippen LogP contribution in [-0.4, -0.2) is 38.0 Å². The van der Waals surface area contributed by atoms with Crippen LogP contribution in [0.3, 0.4) is 0 Å². The van der Waals surface area contributed by atoms with Crippen LogP contribution in [0.15, 0.2) is 48.5 Å². The van der Waals surface area contributed by atoms with Crippen LogP contribution in [0, 0.1) is 16.7 Å². The molecule has 4 heteroatoms. The first-order chi connectivity index (χ1) is 11.8. The fourth-order valence-corrected chi connectivity index (χ4v) is 3.06. The maximum Gasteiger partial charge on any atom is 0.251 e. The highest BCUT2D eigenvalue weighted by Crippen LogP contribution is 2.27. The number of carbonyl (C=O) groups is 1. The van der Waals surface area contributed by atoms with E-state index < -0.39 is 0 Å². The summed E-state index contributed by atoms with van der Waals surface area (Å²) in [5.74, 6) is -0.116. The van der Waals surface area contributed by atoms with Crippen molar-refractivity contribution in [2.45, 2.75) is 13.8 Å². The van der Waals surface area contributed by atoms with E-state index in [1.165, 1.54) is 0 Å². The third-order valence-electron chi connectivity index (χ3n) is 3.98. The van der Waals surface area contributed by atoms with Crippen LogP contribution < -0.4 is 5.32 Å². The lowest BCUT2D eigenvalue weighted by molar-refractivity contribution is 0.0930. The Morgan fingerprint density at radius 2 is 1.68 bits per heavy atom. The highest BCUT2D eigenvalue weighted by atomic mass is 16.1. The van der Waals surface area contributed by atoms with Crippen LogP contribution in [0.25, 0.3) is 11.1 Å². The zero-order valence-corrected chi connectivity index (χ0v) is 15.3. The molecule has 25 heavy (non-hydrogen) atoms. The van der Waals surface area contributed by atoms with Crippen molar-refractivity contribution in [1.29, 1.82) is 5.26 Å². The number of nitrogens with zero attached hydrogens (tertiary/aromatic N) is 2. The quantitative estimate of drug-likeness (QED) is 0.878. The number of hydrogen-bond donors (Lipinski definition) is 1. The monoisotopic (exact) mass is 335 g/mol. The standard InChI is InChI=1S/C21H25N3O/c1-21(2,15-24(3)4)14-23-20(25)19-12-8-7-11-18(19)17-10-6-5-9-16(17)13-22/h5-12H,14-15H2,1-4H3,(H,23,25). The van der Waals surface area contributed by atoms with Crippen LogP contribution in [-0.2, 0) is 0 Å². The second kappa shape index (κ2) is 7.96. The van der Waals surface area contributed by atoms with Crippen molar-refractivity contribution >= 4 is 5.91 Å². The van der Waals surface area contributed by atoms with Crippen molar-refractivity contribution in [3.63, 3.8) is 0 Å². The van der Waals surface area contributed by atoms with Crippen LogP contribution in [0.5, 0.6) is 0 Å². The van der Waals surface area contributed by atoms with Gasteiger partial charge < -0.3 is 10.2 Å². The third-order valence-corrected chi connectivity index (χ3v) is 3.98. The first-order valence-corrected chi connectivity index (χ1v) is 8.35. The Bertz CT molecular complexity index is 788. The minimum Gasteiger partial charge on any atom is -0.351 e. The predicted molar refractivity (Wildman–Crippen MR) is 101 cm³/mol. The van der Waals surface area contributed by atoms with E-state index in [-0.39, 0.29) is 11.3 Å². The predicted octanol–water partition coefficient (Wildman–Crippen LogP) is 3.54. The minimum absolute atomic E-state index is 0.0291. The molecule has 0 radical (unpaired) electrons. The summed E-state index contributed by atoms with van der Waals surface area (Å²) in [6.07, 6.45) is 0. The molecule has 0 aromatic heterocycles. The largest absolute Gasteiger partial charge is 0.351 e. The Morgan fingerprint density at radius 3 is 2.32 bits per heavy atom. The molecule has 0 saturated carbocycles. The molecule has 2 aromatic rings. The van der Waals surface area contributed by atoms with E-state index in [1.54, 1.807) is 12.1 Å². The number of rotatable bonds is 6. The minimum atomic E-state index is -0.116. The van der Waals surface area contributed by atoms with E-state index in [9.17, 15) is 10.1 Å². The van der Waals surface area contributed by atoms with Gasteiger partial charge in [-0.3, -0.25) is 4.79 Å². The van der Waals surface area contributed by atoms with Gasteiger partial charge in [-0.15, -0.1) is 0 Å². The Kier molecular flexibility index (Phi) is 5.95. The molecule has 1 amide bonds. The normalized spacial score (nSPS) is 11.2. The van der Waals surface area contributed by atoms with Gasteiger partial charge in [-0.05, 0) is 37.2 Å². The van der Waals surface area contributed by atoms with Crippen molar-refractivity contribution in [2.75, 3.05) is 27.2 Å². The van der Waals surface area contributed by atoms with Crippen LogP contribution in [0.4, 0.5) is 0 Å². The van der Waals surface area contributed by atoms with Gasteiger partial charge >= 0.3 is 0 Å². The molecular weight excluding hydrogens is 310 g/mol. The average molecular weight is 335 g/mol. The molecule has 1 N–H and O–H groups in total. The SMILES string of the molecule is CN(C)CC(C)(C)CNC(=O)c1ccccc1-c1ccccc1C#N. The van der Waals surface area contributed by atoms with Gasteiger partial charge in [-0.1, -0.05) is 50.2 Å². The first kappa shape index (κ1) is 18.7. The van der Waals surface area contributed by atoms with Gasteiger partial charge in [-0.25, -0.2) is 0 Å². The summed E-state index contributed by atoms with van der Waals surface area (Å²) in [5, 5.41) is 12.4. The van der Waals surface area contributed by atoms with Gasteiger partial charge in [0, 0.05) is 24.2 Å². The first-order valence-electron chi connectivity index (χ1n) is 8.35. The van der Waals surface area contributed by atoms with Crippen molar-refractivity contribution < 1.29 is 4.79 Å². The van der Waals surface area contributed by atoms with Crippen molar-refractivity contribution in [3.8, 4) is 17.2 Å². The third kappa shape index (κ3) is 4.91. The molecule has 0 aliphatic heterocycles. The van der Waals surface area contributed by atoms with E-state index in [2.05, 4.69) is 30.1 Å². The second-order valence-electron chi connectivity index (χ2n) is 7.29. The molecule has 2 rings (SSSR count). The van der Waals surface area contributed by atoms with Crippen LogP contribution in [0.2, 0.25) is 0 Å². The van der Waals surface area contributed by atoms with Gasteiger partial charge in [0.2, 0.25) is 0 Å². The topological polar surface area (TPSA) is 56.1 Å². The summed E-state index contributed by atoms with van der Waals surface area (Å²) < 4.78 is 0. The zero-order valence-electron chi connectivity index (χ0n) is 15.3. The van der Waals surface area contributed by atoms with Crippen LogP contribution in [0.1, 0.15) is 29.8 Å². The molecule has 0 heterocycles. The lowest BCUT2D eigenvalue weighted by Gasteiger charge is -2.28. The highest BCUT2D eigenvalue weighted by Gasteiger charge is 2.21. The zero-order chi connectivity index (χ0) is 18.4. The van der Waals surface area contributed by atoms with E-state index in [0.29, 0.717) is 17.7 Å². The maximum atomic E-state index is 12.8.